The predicted molar refractivity (Wildman–Crippen MR) is 103 cm³/mol. The summed E-state index contributed by atoms with van der Waals surface area (Å²) >= 11 is 1.54. The Kier molecular flexibility index (Phi) is 4.55. The Balaban J connectivity index is 1.54. The predicted octanol–water partition coefficient (Wildman–Crippen LogP) is 3.06. The molecule has 0 atom stereocenters. The first-order valence-electron chi connectivity index (χ1n) is 8.46. The third-order valence-electron chi connectivity index (χ3n) is 4.35. The molecule has 4 aromatic rings. The highest BCUT2D eigenvalue weighted by Gasteiger charge is 2.18. The molecule has 0 radical (unpaired) electrons. The molecular formula is C19H18N6OS. The van der Waals surface area contributed by atoms with Crippen LogP contribution < -0.4 is 5.32 Å². The van der Waals surface area contributed by atoms with Gasteiger partial charge in [-0.1, -0.05) is 18.2 Å². The summed E-state index contributed by atoms with van der Waals surface area (Å²) in [6, 6.07) is 11.7. The number of aryl methyl sites for hydroxylation is 1. The number of nitrogens with zero attached hydrogens (tertiary/aromatic N) is 5. The summed E-state index contributed by atoms with van der Waals surface area (Å²) < 4.78 is 3.85. The highest BCUT2D eigenvalue weighted by atomic mass is 32.1. The maximum atomic E-state index is 12.7. The summed E-state index contributed by atoms with van der Waals surface area (Å²) in [5.41, 5.74) is 3.42. The molecule has 27 heavy (non-hydrogen) atoms. The van der Waals surface area contributed by atoms with Crippen LogP contribution in [0.5, 0.6) is 0 Å². The van der Waals surface area contributed by atoms with Crippen LogP contribution in [0.15, 0.2) is 54.3 Å². The van der Waals surface area contributed by atoms with E-state index in [1.54, 1.807) is 12.5 Å². The number of benzene rings is 1. The molecule has 4 rings (SSSR count). The van der Waals surface area contributed by atoms with E-state index >= 15 is 0 Å². The minimum Gasteiger partial charge on any atom is -0.345 e. The fourth-order valence-corrected chi connectivity index (χ4v) is 3.80. The third kappa shape index (κ3) is 3.26. The average molecular weight is 378 g/mol. The van der Waals surface area contributed by atoms with Crippen LogP contribution in [0.1, 0.15) is 27.6 Å². The number of carbonyl (C=O) groups excluding carboxylic acids is 1. The van der Waals surface area contributed by atoms with Gasteiger partial charge < -0.3 is 5.32 Å². The van der Waals surface area contributed by atoms with Gasteiger partial charge in [0.1, 0.15) is 6.33 Å². The van der Waals surface area contributed by atoms with Crippen molar-refractivity contribution in [3.8, 4) is 10.8 Å². The van der Waals surface area contributed by atoms with Gasteiger partial charge in [-0.25, -0.2) is 4.98 Å². The summed E-state index contributed by atoms with van der Waals surface area (Å²) in [5, 5.41) is 13.8. The third-order valence-corrected chi connectivity index (χ3v) is 5.10. The lowest BCUT2D eigenvalue weighted by atomic mass is 10.2. The number of amides is 1. The standard InChI is InChI=1S/C19H18N6OS/c1-13-10-16(14(2)25(13)19-20-8-9-27-19)18(26)21-11-17-23-22-12-24(17)15-6-4-3-5-7-15/h3-10,12H,11H2,1-2H3,(H,21,26). The van der Waals surface area contributed by atoms with E-state index < -0.39 is 0 Å². The Labute approximate surface area is 160 Å². The molecule has 3 aromatic heterocycles. The van der Waals surface area contributed by atoms with E-state index in [2.05, 4.69) is 20.5 Å². The largest absolute Gasteiger partial charge is 0.345 e. The zero-order valence-electron chi connectivity index (χ0n) is 15.0. The minimum atomic E-state index is -0.145. The number of thiazole rings is 1. The van der Waals surface area contributed by atoms with Crippen LogP contribution in [0, 0.1) is 13.8 Å². The van der Waals surface area contributed by atoms with Gasteiger partial charge in [0, 0.05) is 28.7 Å². The van der Waals surface area contributed by atoms with Crippen LogP contribution in [-0.4, -0.2) is 30.2 Å². The lowest BCUT2D eigenvalue weighted by Gasteiger charge is -2.08. The maximum absolute atomic E-state index is 12.7. The fraction of sp³-hybridized carbons (Fsp3) is 0.158. The van der Waals surface area contributed by atoms with E-state index in [0.717, 1.165) is 22.2 Å². The van der Waals surface area contributed by atoms with Gasteiger partial charge in [-0.15, -0.1) is 21.5 Å². The monoisotopic (exact) mass is 378 g/mol. The number of hydrogen-bond acceptors (Lipinski definition) is 5. The summed E-state index contributed by atoms with van der Waals surface area (Å²) in [6.07, 6.45) is 3.40. The molecule has 0 aliphatic heterocycles. The van der Waals surface area contributed by atoms with E-state index in [-0.39, 0.29) is 12.5 Å². The fourth-order valence-electron chi connectivity index (χ4n) is 3.05. The molecule has 3 heterocycles. The van der Waals surface area contributed by atoms with Crippen molar-refractivity contribution in [1.82, 2.24) is 29.6 Å². The second kappa shape index (κ2) is 7.16. The van der Waals surface area contributed by atoms with Crippen LogP contribution in [0.4, 0.5) is 0 Å². The number of hydrogen-bond donors (Lipinski definition) is 1. The Hall–Kier alpha value is -3.26. The summed E-state index contributed by atoms with van der Waals surface area (Å²) in [5.74, 6) is 0.525. The quantitative estimate of drug-likeness (QED) is 0.579. The van der Waals surface area contributed by atoms with Crippen molar-refractivity contribution < 1.29 is 4.79 Å². The van der Waals surface area contributed by atoms with Gasteiger partial charge in [0.2, 0.25) is 0 Å². The van der Waals surface area contributed by atoms with Gasteiger partial charge in [0.15, 0.2) is 11.0 Å². The lowest BCUT2D eigenvalue weighted by Crippen LogP contribution is -2.25. The highest BCUT2D eigenvalue weighted by molar-refractivity contribution is 7.12. The van der Waals surface area contributed by atoms with Gasteiger partial charge in [-0.05, 0) is 32.0 Å². The number of nitrogens with one attached hydrogen (secondary N) is 1. The number of rotatable bonds is 5. The molecule has 0 aliphatic carbocycles. The molecule has 0 bridgehead atoms. The highest BCUT2D eigenvalue weighted by Crippen LogP contribution is 2.22. The van der Waals surface area contributed by atoms with Crippen molar-refractivity contribution >= 4 is 17.2 Å². The Bertz CT molecular complexity index is 1070. The molecule has 0 aliphatic rings. The van der Waals surface area contributed by atoms with Crippen molar-refractivity contribution in [2.75, 3.05) is 0 Å². The maximum Gasteiger partial charge on any atom is 0.253 e. The first-order valence-corrected chi connectivity index (χ1v) is 9.34. The average Bonchev–Trinajstić information content (AvgIpc) is 3.41. The first-order chi connectivity index (χ1) is 13.1. The topological polar surface area (TPSA) is 77.6 Å². The van der Waals surface area contributed by atoms with Gasteiger partial charge in [0.05, 0.1) is 12.1 Å². The molecule has 1 aromatic carbocycles. The molecular weight excluding hydrogens is 360 g/mol. The molecule has 0 spiro atoms. The number of para-hydroxylation sites is 1. The lowest BCUT2D eigenvalue weighted by molar-refractivity contribution is 0.0949. The molecule has 1 N–H and O–H groups in total. The number of carbonyl (C=O) groups is 1. The second-order valence-corrected chi connectivity index (χ2v) is 6.94. The van der Waals surface area contributed by atoms with E-state index in [1.165, 1.54) is 11.3 Å². The molecule has 8 heteroatoms. The van der Waals surface area contributed by atoms with Gasteiger partial charge in [-0.3, -0.25) is 13.9 Å². The smallest absolute Gasteiger partial charge is 0.253 e. The molecule has 0 unspecified atom stereocenters. The first kappa shape index (κ1) is 17.2. The summed E-state index contributed by atoms with van der Waals surface area (Å²) in [7, 11) is 0. The molecule has 136 valence electrons. The molecule has 0 saturated heterocycles. The van der Waals surface area contributed by atoms with Crippen LogP contribution in [0.25, 0.3) is 10.8 Å². The van der Waals surface area contributed by atoms with E-state index in [1.807, 2.05) is 64.8 Å². The van der Waals surface area contributed by atoms with E-state index in [4.69, 9.17) is 0 Å². The van der Waals surface area contributed by atoms with Crippen LogP contribution in [0.2, 0.25) is 0 Å². The molecule has 7 nitrogen and oxygen atoms in total. The minimum absolute atomic E-state index is 0.145. The molecule has 0 saturated carbocycles. The van der Waals surface area contributed by atoms with Gasteiger partial charge in [0.25, 0.3) is 5.91 Å². The van der Waals surface area contributed by atoms with Crippen molar-refractivity contribution in [1.29, 1.82) is 0 Å². The SMILES string of the molecule is Cc1cc(C(=O)NCc2nncn2-c2ccccc2)c(C)n1-c1nccs1. The normalized spacial score (nSPS) is 10.9. The van der Waals surface area contributed by atoms with Crippen molar-refractivity contribution in [3.63, 3.8) is 0 Å². The zero-order chi connectivity index (χ0) is 18.8. The Morgan fingerprint density at radius 3 is 2.78 bits per heavy atom. The van der Waals surface area contributed by atoms with Crippen LogP contribution in [-0.2, 0) is 6.54 Å². The van der Waals surface area contributed by atoms with Crippen molar-refractivity contribution in [2.24, 2.45) is 0 Å². The van der Waals surface area contributed by atoms with E-state index in [9.17, 15) is 4.79 Å². The second-order valence-electron chi connectivity index (χ2n) is 6.07. The van der Waals surface area contributed by atoms with Crippen LogP contribution >= 0.6 is 11.3 Å². The zero-order valence-corrected chi connectivity index (χ0v) is 15.8. The van der Waals surface area contributed by atoms with Gasteiger partial charge >= 0.3 is 0 Å². The summed E-state index contributed by atoms with van der Waals surface area (Å²) in [4.78, 5) is 17.1. The van der Waals surface area contributed by atoms with Crippen LogP contribution in [0.3, 0.4) is 0 Å². The Morgan fingerprint density at radius 1 is 1.22 bits per heavy atom. The number of aromatic nitrogens is 5. The van der Waals surface area contributed by atoms with Crippen molar-refractivity contribution in [2.45, 2.75) is 20.4 Å². The van der Waals surface area contributed by atoms with Crippen molar-refractivity contribution in [3.05, 3.63) is 77.1 Å². The molecule has 1 amide bonds. The van der Waals surface area contributed by atoms with E-state index in [0.29, 0.717) is 11.4 Å². The van der Waals surface area contributed by atoms with Gasteiger partial charge in [-0.2, -0.15) is 0 Å². The molecule has 0 fully saturated rings. The summed E-state index contributed by atoms with van der Waals surface area (Å²) in [6.45, 7) is 4.18. The Morgan fingerprint density at radius 2 is 2.04 bits per heavy atom.